The number of benzene rings is 2. The van der Waals surface area contributed by atoms with Crippen LogP contribution in [0.5, 0.6) is 5.75 Å². The summed E-state index contributed by atoms with van der Waals surface area (Å²) in [7, 11) is 0. The number of phenolic OH excluding ortho intramolecular Hbond substituents is 1. The van der Waals surface area contributed by atoms with Gasteiger partial charge < -0.3 is 15.3 Å². The molecule has 120 valence electrons. The highest BCUT2D eigenvalue weighted by molar-refractivity contribution is 5.78. The second-order valence-corrected chi connectivity index (χ2v) is 5.86. The molecule has 0 radical (unpaired) electrons. The van der Waals surface area contributed by atoms with Crippen molar-refractivity contribution >= 4 is 5.91 Å². The maximum absolute atomic E-state index is 12.7. The number of aromatic hydroxyl groups is 1. The summed E-state index contributed by atoms with van der Waals surface area (Å²) in [6.45, 7) is 3.19. The van der Waals surface area contributed by atoms with Crippen LogP contribution in [-0.4, -0.2) is 42.1 Å². The van der Waals surface area contributed by atoms with Crippen molar-refractivity contribution in [2.45, 2.75) is 12.3 Å². The number of carbonyl (C=O) groups excluding carboxylic acids is 1. The van der Waals surface area contributed by atoms with E-state index in [2.05, 4.69) is 5.32 Å². The number of piperazine rings is 1. The quantitative estimate of drug-likeness (QED) is 0.911. The van der Waals surface area contributed by atoms with E-state index in [4.69, 9.17) is 0 Å². The van der Waals surface area contributed by atoms with Gasteiger partial charge in [0.25, 0.3) is 0 Å². The van der Waals surface area contributed by atoms with Gasteiger partial charge in [0.15, 0.2) is 0 Å². The summed E-state index contributed by atoms with van der Waals surface area (Å²) in [5, 5.41) is 13.5. The Morgan fingerprint density at radius 2 is 1.70 bits per heavy atom. The van der Waals surface area contributed by atoms with E-state index in [1.54, 1.807) is 12.1 Å². The first-order valence-corrected chi connectivity index (χ1v) is 8.07. The van der Waals surface area contributed by atoms with Crippen LogP contribution in [0.2, 0.25) is 0 Å². The number of amides is 1. The highest BCUT2D eigenvalue weighted by Gasteiger charge is 2.24. The molecule has 0 aliphatic carbocycles. The van der Waals surface area contributed by atoms with Crippen LogP contribution < -0.4 is 5.32 Å². The van der Waals surface area contributed by atoms with Gasteiger partial charge >= 0.3 is 0 Å². The fourth-order valence-corrected chi connectivity index (χ4v) is 3.09. The molecule has 2 aromatic rings. The molecular weight excluding hydrogens is 288 g/mol. The predicted molar refractivity (Wildman–Crippen MR) is 90.5 cm³/mol. The van der Waals surface area contributed by atoms with Crippen LogP contribution in [0, 0.1) is 0 Å². The molecule has 23 heavy (non-hydrogen) atoms. The summed E-state index contributed by atoms with van der Waals surface area (Å²) < 4.78 is 0. The van der Waals surface area contributed by atoms with Crippen molar-refractivity contribution in [3.8, 4) is 5.75 Å². The molecule has 1 aliphatic rings. The molecule has 4 nitrogen and oxygen atoms in total. The van der Waals surface area contributed by atoms with Crippen molar-refractivity contribution in [1.82, 2.24) is 10.2 Å². The summed E-state index contributed by atoms with van der Waals surface area (Å²) >= 11 is 0. The van der Waals surface area contributed by atoms with Crippen molar-refractivity contribution in [2.75, 3.05) is 26.2 Å². The standard InChI is InChI=1S/C19H22N2O2/c22-18-9-5-4-8-16(18)17(15-6-2-1-3-7-15)14-19(23)21-12-10-20-11-13-21/h1-9,17,20,22H,10-14H2/t17-/m0/s1. The molecule has 0 spiro atoms. The fraction of sp³-hybridized carbons (Fsp3) is 0.316. The smallest absolute Gasteiger partial charge is 0.223 e. The molecule has 3 rings (SSSR count). The van der Waals surface area contributed by atoms with Gasteiger partial charge in [-0.3, -0.25) is 4.79 Å². The molecule has 4 heteroatoms. The van der Waals surface area contributed by atoms with Crippen LogP contribution in [0.25, 0.3) is 0 Å². The van der Waals surface area contributed by atoms with Gasteiger partial charge in [-0.15, -0.1) is 0 Å². The van der Waals surface area contributed by atoms with E-state index in [0.29, 0.717) is 6.42 Å². The average Bonchev–Trinajstić information content (AvgIpc) is 2.62. The molecule has 1 aliphatic heterocycles. The molecule has 2 aromatic carbocycles. The molecule has 0 bridgehead atoms. The van der Waals surface area contributed by atoms with Crippen LogP contribution >= 0.6 is 0 Å². The summed E-state index contributed by atoms with van der Waals surface area (Å²) in [5.41, 5.74) is 1.86. The molecule has 1 fully saturated rings. The van der Waals surface area contributed by atoms with E-state index in [1.165, 1.54) is 0 Å². The average molecular weight is 310 g/mol. The van der Waals surface area contributed by atoms with Gasteiger partial charge in [-0.25, -0.2) is 0 Å². The normalized spacial score (nSPS) is 16.1. The van der Waals surface area contributed by atoms with Gasteiger partial charge in [-0.2, -0.15) is 0 Å². The first kappa shape index (κ1) is 15.6. The second-order valence-electron chi connectivity index (χ2n) is 5.86. The summed E-state index contributed by atoms with van der Waals surface area (Å²) in [5.74, 6) is 0.262. The first-order valence-electron chi connectivity index (χ1n) is 8.07. The van der Waals surface area contributed by atoms with Gasteiger partial charge in [-0.05, 0) is 11.6 Å². The molecule has 0 unspecified atom stereocenters. The Balaban J connectivity index is 1.87. The van der Waals surface area contributed by atoms with E-state index in [9.17, 15) is 9.90 Å². The zero-order valence-electron chi connectivity index (χ0n) is 13.1. The molecule has 1 amide bonds. The van der Waals surface area contributed by atoms with E-state index in [-0.39, 0.29) is 17.6 Å². The number of hydrogen-bond acceptors (Lipinski definition) is 3. The number of nitrogens with one attached hydrogen (secondary N) is 1. The van der Waals surface area contributed by atoms with Crippen LogP contribution in [0.1, 0.15) is 23.5 Å². The van der Waals surface area contributed by atoms with E-state index in [0.717, 1.165) is 37.3 Å². The highest BCUT2D eigenvalue weighted by atomic mass is 16.3. The Labute approximate surface area is 136 Å². The van der Waals surface area contributed by atoms with Crippen LogP contribution in [0.15, 0.2) is 54.6 Å². The molecule has 1 saturated heterocycles. The SMILES string of the molecule is O=C(C[C@@H](c1ccccc1)c1ccccc1O)N1CCNCC1. The summed E-state index contributed by atoms with van der Waals surface area (Å²) in [4.78, 5) is 14.6. The van der Waals surface area contributed by atoms with E-state index >= 15 is 0 Å². The topological polar surface area (TPSA) is 52.6 Å². The molecule has 1 atom stereocenters. The Morgan fingerprint density at radius 1 is 1.04 bits per heavy atom. The minimum absolute atomic E-state index is 0.125. The van der Waals surface area contributed by atoms with E-state index in [1.807, 2.05) is 47.4 Å². The lowest BCUT2D eigenvalue weighted by Crippen LogP contribution is -2.46. The molecule has 2 N–H and O–H groups in total. The lowest BCUT2D eigenvalue weighted by Gasteiger charge is -2.29. The summed E-state index contributed by atoms with van der Waals surface area (Å²) in [6.07, 6.45) is 0.377. The third-order valence-electron chi connectivity index (χ3n) is 4.36. The van der Waals surface area contributed by atoms with Crippen molar-refractivity contribution in [2.24, 2.45) is 0 Å². The van der Waals surface area contributed by atoms with Gasteiger partial charge in [0.2, 0.25) is 5.91 Å². The van der Waals surface area contributed by atoms with Crippen LogP contribution in [0.4, 0.5) is 0 Å². The number of phenols is 1. The van der Waals surface area contributed by atoms with Gasteiger partial charge in [0.05, 0.1) is 0 Å². The minimum Gasteiger partial charge on any atom is -0.508 e. The Bertz CT molecular complexity index is 651. The molecular formula is C19H22N2O2. The Kier molecular flexibility index (Phi) is 4.93. The maximum atomic E-state index is 12.7. The van der Waals surface area contributed by atoms with Crippen molar-refractivity contribution in [3.63, 3.8) is 0 Å². The van der Waals surface area contributed by atoms with Crippen LogP contribution in [-0.2, 0) is 4.79 Å². The van der Waals surface area contributed by atoms with Gasteiger partial charge in [-0.1, -0.05) is 48.5 Å². The lowest BCUT2D eigenvalue weighted by molar-refractivity contribution is -0.132. The fourth-order valence-electron chi connectivity index (χ4n) is 3.09. The highest BCUT2D eigenvalue weighted by Crippen LogP contribution is 2.34. The third kappa shape index (κ3) is 3.71. The van der Waals surface area contributed by atoms with Gasteiger partial charge in [0, 0.05) is 44.1 Å². The van der Waals surface area contributed by atoms with E-state index < -0.39 is 0 Å². The monoisotopic (exact) mass is 310 g/mol. The largest absolute Gasteiger partial charge is 0.508 e. The van der Waals surface area contributed by atoms with Crippen LogP contribution in [0.3, 0.4) is 0 Å². The van der Waals surface area contributed by atoms with Gasteiger partial charge in [0.1, 0.15) is 5.75 Å². The van der Waals surface area contributed by atoms with Crippen molar-refractivity contribution < 1.29 is 9.90 Å². The lowest BCUT2D eigenvalue weighted by atomic mass is 9.87. The number of hydrogen-bond donors (Lipinski definition) is 2. The number of rotatable bonds is 4. The summed E-state index contributed by atoms with van der Waals surface area (Å²) in [6, 6.07) is 17.2. The maximum Gasteiger partial charge on any atom is 0.223 e. The minimum atomic E-state index is -0.125. The molecule has 1 heterocycles. The number of carbonyl (C=O) groups is 1. The Morgan fingerprint density at radius 3 is 2.39 bits per heavy atom. The zero-order chi connectivity index (χ0) is 16.1. The third-order valence-corrected chi connectivity index (χ3v) is 4.36. The first-order chi connectivity index (χ1) is 11.3. The Hall–Kier alpha value is -2.33. The molecule has 0 saturated carbocycles. The molecule has 0 aromatic heterocycles. The number of nitrogens with zero attached hydrogens (tertiary/aromatic N) is 1. The predicted octanol–water partition coefficient (Wildman–Crippen LogP) is 2.35. The second kappa shape index (κ2) is 7.29. The van der Waals surface area contributed by atoms with Crippen molar-refractivity contribution in [3.05, 3.63) is 65.7 Å². The number of para-hydroxylation sites is 1. The van der Waals surface area contributed by atoms with Crippen molar-refractivity contribution in [1.29, 1.82) is 0 Å². The zero-order valence-corrected chi connectivity index (χ0v) is 13.1.